The highest BCUT2D eigenvalue weighted by Gasteiger charge is 2.01. The first-order valence-corrected chi connectivity index (χ1v) is 7.27. The van der Waals surface area contributed by atoms with E-state index in [1.807, 2.05) is 17.5 Å². The number of thiophene rings is 1. The maximum atomic E-state index is 5.89. The first-order valence-electron chi connectivity index (χ1n) is 6.33. The Labute approximate surface area is 118 Å². The second-order valence-electron chi connectivity index (χ2n) is 4.74. The molecule has 4 heteroatoms. The molecule has 0 amide bonds. The summed E-state index contributed by atoms with van der Waals surface area (Å²) in [5.74, 6) is 0.956. The summed E-state index contributed by atoms with van der Waals surface area (Å²) in [5.41, 5.74) is 9.35. The molecular formula is C15H19N3S. The van der Waals surface area contributed by atoms with Gasteiger partial charge in [0, 0.05) is 5.69 Å². The van der Waals surface area contributed by atoms with E-state index in [9.17, 15) is 0 Å². The lowest BCUT2D eigenvalue weighted by atomic mass is 10.0. The molecule has 0 fully saturated rings. The van der Waals surface area contributed by atoms with Gasteiger partial charge in [0.05, 0.1) is 6.54 Å². The molecule has 0 aliphatic carbocycles. The first kappa shape index (κ1) is 13.6. The molecule has 0 saturated heterocycles. The number of nitrogens with one attached hydrogen (secondary N) is 1. The zero-order valence-corrected chi connectivity index (χ0v) is 12.1. The molecule has 100 valence electrons. The quantitative estimate of drug-likeness (QED) is 0.657. The standard InChI is InChI=1S/C15H19N3S/c1-11(2)13-4-3-5-14(8-13)18-15(16)17-9-12-6-7-19-10-12/h3-8,10-11H,9H2,1-2H3,(H3,16,17,18). The number of hydrogen-bond acceptors (Lipinski definition) is 2. The van der Waals surface area contributed by atoms with Gasteiger partial charge < -0.3 is 11.1 Å². The molecule has 0 aliphatic rings. The van der Waals surface area contributed by atoms with Crippen molar-refractivity contribution in [3.63, 3.8) is 0 Å². The van der Waals surface area contributed by atoms with Crippen molar-refractivity contribution < 1.29 is 0 Å². The van der Waals surface area contributed by atoms with Crippen molar-refractivity contribution in [2.45, 2.75) is 26.3 Å². The summed E-state index contributed by atoms with van der Waals surface area (Å²) in [5, 5.41) is 7.25. The Morgan fingerprint density at radius 1 is 1.37 bits per heavy atom. The summed E-state index contributed by atoms with van der Waals surface area (Å²) < 4.78 is 0. The molecule has 3 N–H and O–H groups in total. The topological polar surface area (TPSA) is 50.4 Å². The second kappa shape index (κ2) is 6.38. The number of rotatable bonds is 4. The average Bonchev–Trinajstić information content (AvgIpc) is 2.90. The lowest BCUT2D eigenvalue weighted by Gasteiger charge is -2.09. The van der Waals surface area contributed by atoms with Gasteiger partial charge in [-0.1, -0.05) is 26.0 Å². The van der Waals surface area contributed by atoms with Crippen molar-refractivity contribution in [3.8, 4) is 0 Å². The van der Waals surface area contributed by atoms with E-state index in [0.29, 0.717) is 18.4 Å². The van der Waals surface area contributed by atoms with Crippen LogP contribution in [0.1, 0.15) is 30.9 Å². The lowest BCUT2D eigenvalue weighted by molar-refractivity contribution is 0.867. The average molecular weight is 273 g/mol. The van der Waals surface area contributed by atoms with E-state index in [4.69, 9.17) is 5.73 Å². The molecule has 1 aromatic heterocycles. The minimum absolute atomic E-state index is 0.451. The SMILES string of the molecule is CC(C)c1cccc(NC(N)=NCc2ccsc2)c1. The van der Waals surface area contributed by atoms with E-state index < -0.39 is 0 Å². The minimum Gasteiger partial charge on any atom is -0.370 e. The van der Waals surface area contributed by atoms with Crippen molar-refractivity contribution in [2.75, 3.05) is 5.32 Å². The fourth-order valence-corrected chi connectivity index (χ4v) is 2.38. The van der Waals surface area contributed by atoms with Gasteiger partial charge in [-0.25, -0.2) is 4.99 Å². The Morgan fingerprint density at radius 2 is 2.21 bits per heavy atom. The Morgan fingerprint density at radius 3 is 2.89 bits per heavy atom. The van der Waals surface area contributed by atoms with E-state index >= 15 is 0 Å². The van der Waals surface area contributed by atoms with Gasteiger partial charge in [0.2, 0.25) is 0 Å². The Hall–Kier alpha value is -1.81. The summed E-state index contributed by atoms with van der Waals surface area (Å²) in [6.45, 7) is 4.96. The van der Waals surface area contributed by atoms with Crippen molar-refractivity contribution in [3.05, 3.63) is 52.2 Å². The Bertz CT molecular complexity index is 544. The maximum Gasteiger partial charge on any atom is 0.193 e. The van der Waals surface area contributed by atoms with Crippen LogP contribution in [-0.2, 0) is 6.54 Å². The molecule has 19 heavy (non-hydrogen) atoms. The van der Waals surface area contributed by atoms with Gasteiger partial charge >= 0.3 is 0 Å². The van der Waals surface area contributed by atoms with Crippen LogP contribution in [0.3, 0.4) is 0 Å². The number of nitrogens with two attached hydrogens (primary N) is 1. The van der Waals surface area contributed by atoms with Crippen LogP contribution in [0.25, 0.3) is 0 Å². The molecule has 0 spiro atoms. The minimum atomic E-state index is 0.451. The van der Waals surface area contributed by atoms with Crippen LogP contribution >= 0.6 is 11.3 Å². The van der Waals surface area contributed by atoms with Crippen molar-refractivity contribution in [1.82, 2.24) is 0 Å². The van der Waals surface area contributed by atoms with E-state index in [1.165, 1.54) is 11.1 Å². The predicted octanol–water partition coefficient (Wildman–Crippen LogP) is 3.80. The second-order valence-corrected chi connectivity index (χ2v) is 5.52. The van der Waals surface area contributed by atoms with Crippen LogP contribution in [0.4, 0.5) is 5.69 Å². The van der Waals surface area contributed by atoms with Crippen LogP contribution in [0.5, 0.6) is 0 Å². The fourth-order valence-electron chi connectivity index (χ4n) is 1.72. The van der Waals surface area contributed by atoms with Crippen LogP contribution in [0.15, 0.2) is 46.1 Å². The number of anilines is 1. The highest BCUT2D eigenvalue weighted by atomic mass is 32.1. The third-order valence-electron chi connectivity index (χ3n) is 2.84. The number of benzene rings is 1. The van der Waals surface area contributed by atoms with Crippen LogP contribution in [-0.4, -0.2) is 5.96 Å². The number of aliphatic imine (C=N–C) groups is 1. The van der Waals surface area contributed by atoms with E-state index in [0.717, 1.165) is 5.69 Å². The number of hydrogen-bond donors (Lipinski definition) is 2. The van der Waals surface area contributed by atoms with Gasteiger partial charge in [0.25, 0.3) is 0 Å². The molecule has 0 aliphatic heterocycles. The van der Waals surface area contributed by atoms with Gasteiger partial charge in [-0.2, -0.15) is 11.3 Å². The van der Waals surface area contributed by atoms with Gasteiger partial charge in [-0.15, -0.1) is 0 Å². The largest absolute Gasteiger partial charge is 0.370 e. The van der Waals surface area contributed by atoms with Crippen LogP contribution in [0, 0.1) is 0 Å². The molecule has 0 atom stereocenters. The zero-order chi connectivity index (χ0) is 13.7. The maximum absolute atomic E-state index is 5.89. The summed E-state index contributed by atoms with van der Waals surface area (Å²) >= 11 is 1.67. The first-order chi connectivity index (χ1) is 9.15. The normalized spacial score (nSPS) is 11.8. The van der Waals surface area contributed by atoms with Gasteiger partial charge in [-0.3, -0.25) is 0 Å². The molecule has 0 bridgehead atoms. The van der Waals surface area contributed by atoms with Crippen molar-refractivity contribution in [2.24, 2.45) is 10.7 Å². The smallest absolute Gasteiger partial charge is 0.193 e. The van der Waals surface area contributed by atoms with Crippen LogP contribution < -0.4 is 11.1 Å². The zero-order valence-electron chi connectivity index (χ0n) is 11.3. The van der Waals surface area contributed by atoms with E-state index in [1.54, 1.807) is 11.3 Å². The molecule has 3 nitrogen and oxygen atoms in total. The van der Waals surface area contributed by atoms with Crippen LogP contribution in [0.2, 0.25) is 0 Å². The summed E-state index contributed by atoms with van der Waals surface area (Å²) in [6.07, 6.45) is 0. The molecule has 2 rings (SSSR count). The molecule has 0 radical (unpaired) electrons. The van der Waals surface area contributed by atoms with Crippen molar-refractivity contribution >= 4 is 23.0 Å². The molecular weight excluding hydrogens is 254 g/mol. The Balaban J connectivity index is 2.00. The molecule has 2 aromatic rings. The molecule has 0 saturated carbocycles. The predicted molar refractivity (Wildman–Crippen MR) is 83.8 cm³/mol. The number of guanidine groups is 1. The van der Waals surface area contributed by atoms with E-state index in [-0.39, 0.29) is 0 Å². The van der Waals surface area contributed by atoms with E-state index in [2.05, 4.69) is 47.7 Å². The summed E-state index contributed by atoms with van der Waals surface area (Å²) in [6, 6.07) is 10.3. The molecule has 1 aromatic carbocycles. The summed E-state index contributed by atoms with van der Waals surface area (Å²) in [7, 11) is 0. The fraction of sp³-hybridized carbons (Fsp3) is 0.267. The third kappa shape index (κ3) is 4.10. The monoisotopic (exact) mass is 273 g/mol. The summed E-state index contributed by atoms with van der Waals surface area (Å²) in [4.78, 5) is 4.33. The van der Waals surface area contributed by atoms with Gasteiger partial charge in [0.15, 0.2) is 5.96 Å². The lowest BCUT2D eigenvalue weighted by Crippen LogP contribution is -2.22. The third-order valence-corrected chi connectivity index (χ3v) is 3.57. The van der Waals surface area contributed by atoms with Crippen molar-refractivity contribution in [1.29, 1.82) is 0 Å². The molecule has 0 unspecified atom stereocenters. The number of nitrogens with zero attached hydrogens (tertiary/aromatic N) is 1. The Kier molecular flexibility index (Phi) is 4.58. The van der Waals surface area contributed by atoms with Gasteiger partial charge in [0.1, 0.15) is 0 Å². The highest BCUT2D eigenvalue weighted by molar-refractivity contribution is 7.07. The van der Waals surface area contributed by atoms with Gasteiger partial charge in [-0.05, 0) is 46.0 Å². The molecule has 1 heterocycles. The highest BCUT2D eigenvalue weighted by Crippen LogP contribution is 2.18.